The summed E-state index contributed by atoms with van der Waals surface area (Å²) in [5, 5.41) is 12.5. The van der Waals surface area contributed by atoms with Crippen molar-refractivity contribution in [2.75, 3.05) is 19.5 Å². The number of methoxy groups -OCH3 is 1. The number of hydrogen-bond donors (Lipinski definition) is 1. The lowest BCUT2D eigenvalue weighted by Gasteiger charge is -2.14. The Kier molecular flexibility index (Phi) is 4.80. The first-order valence-corrected chi connectivity index (χ1v) is 6.82. The SMILES string of the molecule is COCCC(C)n1nnnc1-c1cc(N)cc(Cl)c1Cl. The minimum absolute atomic E-state index is 0.0659. The first kappa shape index (κ1) is 15.0. The summed E-state index contributed by atoms with van der Waals surface area (Å²) in [7, 11) is 1.65. The van der Waals surface area contributed by atoms with Gasteiger partial charge in [0.05, 0.1) is 16.1 Å². The molecule has 0 radical (unpaired) electrons. The summed E-state index contributed by atoms with van der Waals surface area (Å²) in [6.07, 6.45) is 0.780. The summed E-state index contributed by atoms with van der Waals surface area (Å²) in [6, 6.07) is 3.37. The van der Waals surface area contributed by atoms with Gasteiger partial charge in [-0.05, 0) is 35.9 Å². The lowest BCUT2D eigenvalue weighted by Crippen LogP contribution is -2.11. The number of anilines is 1. The summed E-state index contributed by atoms with van der Waals surface area (Å²) in [5.41, 5.74) is 6.92. The lowest BCUT2D eigenvalue weighted by molar-refractivity contribution is 0.178. The van der Waals surface area contributed by atoms with E-state index in [1.165, 1.54) is 0 Å². The molecule has 2 N–H and O–H groups in total. The van der Waals surface area contributed by atoms with Crippen LogP contribution in [0.25, 0.3) is 11.4 Å². The van der Waals surface area contributed by atoms with Gasteiger partial charge in [0.15, 0.2) is 5.82 Å². The molecular weight excluding hydrogens is 301 g/mol. The van der Waals surface area contributed by atoms with Gasteiger partial charge in [0, 0.05) is 25.0 Å². The van der Waals surface area contributed by atoms with Crippen LogP contribution >= 0.6 is 23.2 Å². The van der Waals surface area contributed by atoms with Gasteiger partial charge in [-0.3, -0.25) is 0 Å². The first-order chi connectivity index (χ1) is 9.54. The fourth-order valence-electron chi connectivity index (χ4n) is 1.85. The van der Waals surface area contributed by atoms with Gasteiger partial charge in [0.2, 0.25) is 0 Å². The van der Waals surface area contributed by atoms with Crippen LogP contribution in [0.2, 0.25) is 10.0 Å². The second-order valence-corrected chi connectivity index (χ2v) is 5.23. The molecule has 108 valence electrons. The highest BCUT2D eigenvalue weighted by atomic mass is 35.5. The van der Waals surface area contributed by atoms with Crippen molar-refractivity contribution >= 4 is 28.9 Å². The van der Waals surface area contributed by atoms with E-state index in [0.29, 0.717) is 33.7 Å². The average Bonchev–Trinajstić information content (AvgIpc) is 2.89. The van der Waals surface area contributed by atoms with Crippen LogP contribution in [0.5, 0.6) is 0 Å². The maximum absolute atomic E-state index is 6.22. The molecule has 1 aromatic heterocycles. The highest BCUT2D eigenvalue weighted by molar-refractivity contribution is 6.43. The Balaban J connectivity index is 2.42. The van der Waals surface area contributed by atoms with Gasteiger partial charge in [-0.1, -0.05) is 23.2 Å². The largest absolute Gasteiger partial charge is 0.399 e. The number of rotatable bonds is 5. The predicted octanol–water partition coefficient (Wildman–Crippen LogP) is 2.83. The number of nitrogens with zero attached hydrogens (tertiary/aromatic N) is 4. The van der Waals surface area contributed by atoms with E-state index in [9.17, 15) is 0 Å². The summed E-state index contributed by atoms with van der Waals surface area (Å²) in [6.45, 7) is 2.62. The van der Waals surface area contributed by atoms with Crippen molar-refractivity contribution in [3.8, 4) is 11.4 Å². The normalized spacial score (nSPS) is 12.6. The van der Waals surface area contributed by atoms with Crippen molar-refractivity contribution in [3.63, 3.8) is 0 Å². The standard InChI is InChI=1S/C12H15Cl2N5O/c1-7(3-4-20-2)19-12(16-17-18-19)9-5-8(15)6-10(13)11(9)14/h5-7H,3-4,15H2,1-2H3. The molecule has 6 nitrogen and oxygen atoms in total. The van der Waals surface area contributed by atoms with Crippen molar-refractivity contribution < 1.29 is 4.74 Å². The van der Waals surface area contributed by atoms with Crippen LogP contribution in [0.1, 0.15) is 19.4 Å². The molecule has 20 heavy (non-hydrogen) atoms. The number of nitrogens with two attached hydrogens (primary N) is 1. The third kappa shape index (κ3) is 3.03. The van der Waals surface area contributed by atoms with Gasteiger partial charge in [-0.15, -0.1) is 5.10 Å². The highest BCUT2D eigenvalue weighted by Gasteiger charge is 2.18. The van der Waals surface area contributed by atoms with Crippen LogP contribution in [0.15, 0.2) is 12.1 Å². The zero-order valence-corrected chi connectivity index (χ0v) is 12.7. The fraction of sp³-hybridized carbons (Fsp3) is 0.417. The molecule has 2 aromatic rings. The molecule has 1 unspecified atom stereocenters. The molecular formula is C12H15Cl2N5O. The Labute approximate surface area is 126 Å². The van der Waals surface area contributed by atoms with E-state index in [0.717, 1.165) is 6.42 Å². The Morgan fingerprint density at radius 3 is 2.85 bits per heavy atom. The monoisotopic (exact) mass is 315 g/mol. The molecule has 0 aliphatic heterocycles. The van der Waals surface area contributed by atoms with Gasteiger partial charge in [-0.2, -0.15) is 0 Å². The molecule has 0 fully saturated rings. The number of nitrogen functional groups attached to an aromatic ring is 1. The van der Waals surface area contributed by atoms with Gasteiger partial charge in [0.25, 0.3) is 0 Å². The van der Waals surface area contributed by atoms with Crippen molar-refractivity contribution in [1.29, 1.82) is 0 Å². The molecule has 0 saturated heterocycles. The van der Waals surface area contributed by atoms with Gasteiger partial charge >= 0.3 is 0 Å². The molecule has 0 aliphatic rings. The zero-order valence-electron chi connectivity index (χ0n) is 11.2. The minimum Gasteiger partial charge on any atom is -0.399 e. The molecule has 1 heterocycles. The molecule has 0 aliphatic carbocycles. The van der Waals surface area contributed by atoms with Crippen LogP contribution in [-0.2, 0) is 4.74 Å². The van der Waals surface area contributed by atoms with Crippen LogP contribution < -0.4 is 5.73 Å². The molecule has 1 atom stereocenters. The number of ether oxygens (including phenoxy) is 1. The van der Waals surface area contributed by atoms with E-state index >= 15 is 0 Å². The number of tetrazole rings is 1. The average molecular weight is 316 g/mol. The third-order valence-corrected chi connectivity index (χ3v) is 3.74. The second-order valence-electron chi connectivity index (χ2n) is 4.44. The summed E-state index contributed by atoms with van der Waals surface area (Å²) in [5.74, 6) is 0.535. The highest BCUT2D eigenvalue weighted by Crippen LogP contribution is 2.35. The number of aromatic nitrogens is 4. The first-order valence-electron chi connectivity index (χ1n) is 6.06. The number of benzene rings is 1. The maximum Gasteiger partial charge on any atom is 0.183 e. The topological polar surface area (TPSA) is 78.8 Å². The summed E-state index contributed by atoms with van der Waals surface area (Å²) >= 11 is 12.3. The fourth-order valence-corrected chi connectivity index (χ4v) is 2.27. The van der Waals surface area contributed by atoms with Crippen molar-refractivity contribution in [2.24, 2.45) is 0 Å². The molecule has 0 spiro atoms. The summed E-state index contributed by atoms with van der Waals surface area (Å²) < 4.78 is 6.76. The Morgan fingerprint density at radius 1 is 1.40 bits per heavy atom. The Hall–Kier alpha value is -1.37. The van der Waals surface area contributed by atoms with Crippen LogP contribution in [0.4, 0.5) is 5.69 Å². The van der Waals surface area contributed by atoms with E-state index in [1.807, 2.05) is 6.92 Å². The van der Waals surface area contributed by atoms with Crippen LogP contribution in [0.3, 0.4) is 0 Å². The molecule has 0 saturated carbocycles. The van der Waals surface area contributed by atoms with Crippen molar-refractivity contribution in [2.45, 2.75) is 19.4 Å². The quantitative estimate of drug-likeness (QED) is 0.858. The Bertz CT molecular complexity index is 602. The number of hydrogen-bond acceptors (Lipinski definition) is 5. The van der Waals surface area contributed by atoms with E-state index < -0.39 is 0 Å². The van der Waals surface area contributed by atoms with Crippen molar-refractivity contribution in [3.05, 3.63) is 22.2 Å². The zero-order chi connectivity index (χ0) is 14.7. The van der Waals surface area contributed by atoms with Gasteiger partial charge < -0.3 is 10.5 Å². The van der Waals surface area contributed by atoms with Crippen molar-refractivity contribution in [1.82, 2.24) is 20.2 Å². The third-order valence-electron chi connectivity index (χ3n) is 2.94. The molecule has 8 heteroatoms. The van der Waals surface area contributed by atoms with Gasteiger partial charge in [0.1, 0.15) is 0 Å². The van der Waals surface area contributed by atoms with E-state index in [1.54, 1.807) is 23.9 Å². The van der Waals surface area contributed by atoms with E-state index in [2.05, 4.69) is 15.5 Å². The van der Waals surface area contributed by atoms with Gasteiger partial charge in [-0.25, -0.2) is 4.68 Å². The molecule has 1 aromatic carbocycles. The van der Waals surface area contributed by atoms with Crippen LogP contribution in [0, 0.1) is 0 Å². The minimum atomic E-state index is 0.0659. The molecule has 0 bridgehead atoms. The molecule has 0 amide bonds. The van der Waals surface area contributed by atoms with Crippen LogP contribution in [-0.4, -0.2) is 33.9 Å². The predicted molar refractivity (Wildman–Crippen MR) is 78.9 cm³/mol. The maximum atomic E-state index is 6.22. The summed E-state index contributed by atoms with van der Waals surface area (Å²) in [4.78, 5) is 0. The van der Waals surface area contributed by atoms with E-state index in [4.69, 9.17) is 33.7 Å². The smallest absolute Gasteiger partial charge is 0.183 e. The number of halogens is 2. The molecule has 2 rings (SSSR count). The Morgan fingerprint density at radius 2 is 2.15 bits per heavy atom. The second kappa shape index (κ2) is 6.39. The van der Waals surface area contributed by atoms with E-state index in [-0.39, 0.29) is 6.04 Å². The lowest BCUT2D eigenvalue weighted by atomic mass is 10.1.